The Hall–Kier alpha value is -4.18. The Balaban J connectivity index is 1.59. The molecule has 43 heavy (non-hydrogen) atoms. The number of aromatic nitrogens is 3. The summed E-state index contributed by atoms with van der Waals surface area (Å²) in [5, 5.41) is 16.8. The van der Waals surface area contributed by atoms with Crippen LogP contribution in [-0.2, 0) is 32.3 Å². The number of rotatable bonds is 11. The van der Waals surface area contributed by atoms with Crippen molar-refractivity contribution >= 4 is 38.6 Å². The summed E-state index contributed by atoms with van der Waals surface area (Å²) >= 11 is 0. The highest BCUT2D eigenvalue weighted by Gasteiger charge is 2.21. The van der Waals surface area contributed by atoms with E-state index in [1.807, 2.05) is 6.07 Å². The van der Waals surface area contributed by atoms with Gasteiger partial charge in [0, 0.05) is 43.2 Å². The Morgan fingerprint density at radius 2 is 1.88 bits per heavy atom. The SMILES string of the molecule is COc1ncc(-c2cc(NS(=O)c3ccccc3)c(C=N)c(-c3nnc(CN4CCCOCC4)o3)c2)cc1NS(C)(=O)=O. The molecule has 0 aliphatic carbocycles. The third-order valence-corrected chi connectivity index (χ3v) is 8.22. The van der Waals surface area contributed by atoms with E-state index < -0.39 is 21.0 Å². The second-order valence-corrected chi connectivity index (χ2v) is 12.7. The summed E-state index contributed by atoms with van der Waals surface area (Å²) in [6.45, 7) is 3.37. The lowest BCUT2D eigenvalue weighted by atomic mass is 9.98. The molecule has 226 valence electrons. The Labute approximate surface area is 251 Å². The molecule has 3 N–H and O–H groups in total. The van der Waals surface area contributed by atoms with Crippen LogP contribution in [0, 0.1) is 5.41 Å². The molecule has 3 heterocycles. The number of nitrogens with zero attached hydrogens (tertiary/aromatic N) is 4. The molecule has 0 saturated carbocycles. The van der Waals surface area contributed by atoms with Gasteiger partial charge in [0.25, 0.3) is 0 Å². The van der Waals surface area contributed by atoms with Crippen molar-refractivity contribution in [3.8, 4) is 28.5 Å². The van der Waals surface area contributed by atoms with Crippen molar-refractivity contribution in [1.29, 1.82) is 5.41 Å². The molecule has 0 amide bonds. The summed E-state index contributed by atoms with van der Waals surface area (Å²) in [7, 11) is -3.91. The Morgan fingerprint density at radius 1 is 1.09 bits per heavy atom. The molecule has 0 spiro atoms. The zero-order chi connectivity index (χ0) is 30.4. The Kier molecular flexibility index (Phi) is 9.45. The van der Waals surface area contributed by atoms with E-state index in [-0.39, 0.29) is 17.5 Å². The van der Waals surface area contributed by atoms with Gasteiger partial charge in [-0.05, 0) is 42.3 Å². The normalized spacial score (nSPS) is 14.9. The number of pyridine rings is 1. The molecule has 2 aromatic carbocycles. The lowest BCUT2D eigenvalue weighted by Crippen LogP contribution is -2.25. The van der Waals surface area contributed by atoms with Crippen molar-refractivity contribution in [3.63, 3.8) is 0 Å². The summed E-state index contributed by atoms with van der Waals surface area (Å²) < 4.78 is 59.6. The van der Waals surface area contributed by atoms with Gasteiger partial charge < -0.3 is 24.0 Å². The van der Waals surface area contributed by atoms with Gasteiger partial charge in [0.2, 0.25) is 27.7 Å². The maximum atomic E-state index is 13.3. The first-order valence-electron chi connectivity index (χ1n) is 13.3. The first kappa shape index (κ1) is 30.3. The molecule has 2 aromatic heterocycles. The molecule has 1 aliphatic heterocycles. The van der Waals surface area contributed by atoms with Gasteiger partial charge in [-0.1, -0.05) is 18.2 Å². The van der Waals surface area contributed by atoms with Crippen LogP contribution in [0.3, 0.4) is 0 Å². The number of nitrogens with one attached hydrogen (secondary N) is 3. The van der Waals surface area contributed by atoms with E-state index in [0.717, 1.165) is 32.0 Å². The zero-order valence-electron chi connectivity index (χ0n) is 23.6. The third-order valence-electron chi connectivity index (χ3n) is 6.53. The highest BCUT2D eigenvalue weighted by molar-refractivity contribution is 7.92. The van der Waals surface area contributed by atoms with E-state index in [9.17, 15) is 12.6 Å². The number of benzene rings is 2. The van der Waals surface area contributed by atoms with Gasteiger partial charge in [-0.15, -0.1) is 10.2 Å². The summed E-state index contributed by atoms with van der Waals surface area (Å²) in [6.07, 6.45) is 4.58. The van der Waals surface area contributed by atoms with Gasteiger partial charge in [-0.2, -0.15) is 0 Å². The van der Waals surface area contributed by atoms with Gasteiger partial charge in [0.1, 0.15) is 16.7 Å². The first-order chi connectivity index (χ1) is 20.7. The summed E-state index contributed by atoms with van der Waals surface area (Å²) in [5.74, 6) is 0.673. The summed E-state index contributed by atoms with van der Waals surface area (Å²) in [6, 6.07) is 13.9. The molecule has 5 rings (SSSR count). The fraction of sp³-hybridized carbons (Fsp3) is 0.286. The van der Waals surface area contributed by atoms with Crippen LogP contribution in [0.1, 0.15) is 17.9 Å². The smallest absolute Gasteiger partial charge is 0.248 e. The second kappa shape index (κ2) is 13.4. The fourth-order valence-electron chi connectivity index (χ4n) is 4.56. The minimum atomic E-state index is -3.63. The van der Waals surface area contributed by atoms with E-state index in [4.69, 9.17) is 19.3 Å². The highest BCUT2D eigenvalue weighted by atomic mass is 32.2. The van der Waals surface area contributed by atoms with Crippen LogP contribution >= 0.6 is 0 Å². The molecule has 0 radical (unpaired) electrons. The van der Waals surface area contributed by atoms with Crippen molar-refractivity contribution in [2.75, 3.05) is 49.1 Å². The molecule has 1 fully saturated rings. The van der Waals surface area contributed by atoms with E-state index in [1.165, 1.54) is 13.3 Å². The quantitative estimate of drug-likeness (QED) is 0.209. The van der Waals surface area contributed by atoms with Crippen LogP contribution in [0.15, 0.2) is 64.0 Å². The molecule has 1 saturated heterocycles. The van der Waals surface area contributed by atoms with Gasteiger partial charge >= 0.3 is 0 Å². The van der Waals surface area contributed by atoms with Gasteiger partial charge in [0.15, 0.2) is 0 Å². The lowest BCUT2D eigenvalue weighted by Gasteiger charge is -2.16. The predicted octanol–water partition coefficient (Wildman–Crippen LogP) is 3.53. The van der Waals surface area contributed by atoms with Crippen molar-refractivity contribution in [3.05, 3.63) is 66.2 Å². The number of anilines is 2. The number of methoxy groups -OCH3 is 1. The zero-order valence-corrected chi connectivity index (χ0v) is 25.2. The first-order valence-corrected chi connectivity index (χ1v) is 16.3. The van der Waals surface area contributed by atoms with Crippen LogP contribution in [0.2, 0.25) is 0 Å². The topological polar surface area (TPSA) is 173 Å². The fourth-order valence-corrected chi connectivity index (χ4v) is 6.00. The minimum absolute atomic E-state index is 0.0921. The van der Waals surface area contributed by atoms with Gasteiger partial charge in [-0.25, -0.2) is 17.6 Å². The van der Waals surface area contributed by atoms with E-state index >= 15 is 0 Å². The maximum absolute atomic E-state index is 13.3. The average molecular weight is 626 g/mol. The van der Waals surface area contributed by atoms with Gasteiger partial charge in [0.05, 0.1) is 42.7 Å². The number of ether oxygens (including phenoxy) is 2. The standard InChI is InChI=1S/C28H31N7O6S2/c1-39-28-25(34-43(2,37)38)15-20(17-30-28)19-13-22(27-32-31-26(41-27)18-35-9-6-11-40-12-10-35)23(16-29)24(14-19)33-42(36)21-7-4-3-5-8-21/h3-5,7-8,13-17,29,33-34H,6,9-12,18H2,1-2H3. The van der Waals surface area contributed by atoms with Crippen molar-refractivity contribution in [2.24, 2.45) is 0 Å². The molecular formula is C28H31N7O6S2. The molecule has 1 atom stereocenters. The third kappa shape index (κ3) is 7.62. The average Bonchev–Trinajstić information content (AvgIpc) is 3.30. The molecule has 13 nitrogen and oxygen atoms in total. The minimum Gasteiger partial charge on any atom is -0.480 e. The van der Waals surface area contributed by atoms with Crippen LogP contribution in [0.25, 0.3) is 22.6 Å². The molecule has 1 unspecified atom stereocenters. The van der Waals surface area contributed by atoms with E-state index in [0.29, 0.717) is 58.5 Å². The van der Waals surface area contributed by atoms with E-state index in [1.54, 1.807) is 42.5 Å². The molecular weight excluding hydrogens is 594 g/mol. The van der Waals surface area contributed by atoms with Crippen molar-refractivity contribution in [2.45, 2.75) is 17.9 Å². The van der Waals surface area contributed by atoms with Crippen LogP contribution in [0.5, 0.6) is 5.88 Å². The second-order valence-electron chi connectivity index (χ2n) is 9.71. The van der Waals surface area contributed by atoms with Crippen molar-refractivity contribution in [1.82, 2.24) is 20.1 Å². The molecule has 4 aromatic rings. The summed E-state index contributed by atoms with van der Waals surface area (Å²) in [5.41, 5.74) is 2.38. The highest BCUT2D eigenvalue weighted by Crippen LogP contribution is 2.36. The maximum Gasteiger partial charge on any atom is 0.248 e. The Morgan fingerprint density at radius 3 is 2.63 bits per heavy atom. The number of hydrogen-bond acceptors (Lipinski definition) is 11. The van der Waals surface area contributed by atoms with Crippen molar-refractivity contribution < 1.29 is 26.5 Å². The van der Waals surface area contributed by atoms with Gasteiger partial charge in [-0.3, -0.25) is 9.62 Å². The largest absolute Gasteiger partial charge is 0.480 e. The Bertz CT molecular complexity index is 1720. The van der Waals surface area contributed by atoms with E-state index in [2.05, 4.69) is 29.5 Å². The molecule has 0 bridgehead atoms. The van der Waals surface area contributed by atoms with Crippen LogP contribution in [0.4, 0.5) is 11.4 Å². The number of hydrogen-bond donors (Lipinski definition) is 3. The predicted molar refractivity (Wildman–Crippen MR) is 163 cm³/mol. The van der Waals surface area contributed by atoms with Crippen LogP contribution < -0.4 is 14.2 Å². The van der Waals surface area contributed by atoms with Crippen LogP contribution in [-0.4, -0.2) is 78.6 Å². The summed E-state index contributed by atoms with van der Waals surface area (Å²) in [4.78, 5) is 6.99. The monoisotopic (exact) mass is 625 g/mol. The molecule has 1 aliphatic rings. The number of sulfonamides is 1. The lowest BCUT2D eigenvalue weighted by molar-refractivity contribution is 0.138. The molecule has 15 heteroatoms.